The number of amides is 3. The van der Waals surface area contributed by atoms with Gasteiger partial charge in [0, 0.05) is 25.8 Å². The predicted molar refractivity (Wildman–Crippen MR) is 110 cm³/mol. The number of carbonyl (C=O) groups excluding carboxylic acids is 4. The summed E-state index contributed by atoms with van der Waals surface area (Å²) < 4.78 is 10.3. The third-order valence-corrected chi connectivity index (χ3v) is 5.27. The van der Waals surface area contributed by atoms with Gasteiger partial charge >= 0.3 is 12.1 Å². The summed E-state index contributed by atoms with van der Waals surface area (Å²) in [5.41, 5.74) is -1.07. The van der Waals surface area contributed by atoms with Crippen molar-refractivity contribution in [2.24, 2.45) is 0 Å². The zero-order chi connectivity index (χ0) is 23.4. The minimum Gasteiger partial charge on any atom is -0.442 e. The number of hydrogen-bond acceptors (Lipinski definition) is 9. The van der Waals surface area contributed by atoms with E-state index in [4.69, 9.17) is 19.4 Å². The van der Waals surface area contributed by atoms with Gasteiger partial charge in [0.1, 0.15) is 12.9 Å². The van der Waals surface area contributed by atoms with Gasteiger partial charge in [-0.3, -0.25) is 9.59 Å². The molecule has 3 amide bonds. The minimum absolute atomic E-state index is 0.0223. The molecule has 0 saturated carbocycles. The van der Waals surface area contributed by atoms with Crippen LogP contribution in [-0.4, -0.2) is 70.8 Å². The van der Waals surface area contributed by atoms with Crippen molar-refractivity contribution >= 4 is 23.9 Å². The SMILES string of the molecule is O=C(CCCCCNC(=O)O[C@H]1/C=C/CC[C@@](O)(COCO)CC1)ON1C(=O)CCC1=O. The number of aliphatic hydroxyl groups excluding tert-OH is 1. The lowest BCUT2D eigenvalue weighted by molar-refractivity contribution is -0.197. The highest BCUT2D eigenvalue weighted by Gasteiger charge is 2.32. The van der Waals surface area contributed by atoms with E-state index in [0.29, 0.717) is 56.6 Å². The molecule has 1 heterocycles. The van der Waals surface area contributed by atoms with Crippen LogP contribution in [0.25, 0.3) is 0 Å². The van der Waals surface area contributed by atoms with Crippen molar-refractivity contribution in [3.8, 4) is 0 Å². The van der Waals surface area contributed by atoms with E-state index in [1.807, 2.05) is 6.08 Å². The molecular weight excluding hydrogens is 424 g/mol. The number of alkyl carbamates (subject to hydrolysis) is 1. The summed E-state index contributed by atoms with van der Waals surface area (Å²) in [4.78, 5) is 51.3. The van der Waals surface area contributed by atoms with E-state index in [-0.39, 0.29) is 25.9 Å². The molecule has 1 aliphatic heterocycles. The highest BCUT2D eigenvalue weighted by molar-refractivity contribution is 6.01. The third-order valence-electron chi connectivity index (χ3n) is 5.27. The molecule has 2 aliphatic rings. The summed E-state index contributed by atoms with van der Waals surface area (Å²) in [7, 11) is 0. The largest absolute Gasteiger partial charge is 0.442 e. The van der Waals surface area contributed by atoms with Crippen molar-refractivity contribution in [1.82, 2.24) is 10.4 Å². The Balaban J connectivity index is 1.57. The number of carbonyl (C=O) groups is 4. The van der Waals surface area contributed by atoms with E-state index in [2.05, 4.69) is 5.32 Å². The van der Waals surface area contributed by atoms with E-state index in [1.54, 1.807) is 6.08 Å². The Morgan fingerprint density at radius 2 is 1.91 bits per heavy atom. The molecule has 1 fully saturated rings. The summed E-state index contributed by atoms with van der Waals surface area (Å²) in [5, 5.41) is 22.5. The first-order valence-electron chi connectivity index (χ1n) is 10.9. The Labute approximate surface area is 186 Å². The number of nitrogens with zero attached hydrogens (tertiary/aromatic N) is 1. The molecular formula is C21H32N2O9. The minimum atomic E-state index is -1.07. The average Bonchev–Trinajstić information content (AvgIpc) is 3.06. The van der Waals surface area contributed by atoms with Gasteiger partial charge in [0.2, 0.25) is 0 Å². The van der Waals surface area contributed by atoms with Gasteiger partial charge in [0.15, 0.2) is 0 Å². The highest BCUT2D eigenvalue weighted by atomic mass is 16.7. The molecule has 2 rings (SSSR count). The summed E-state index contributed by atoms with van der Waals surface area (Å²) in [6.07, 6.45) is 6.45. The first-order valence-corrected chi connectivity index (χ1v) is 10.9. The van der Waals surface area contributed by atoms with Gasteiger partial charge in [-0.05, 0) is 44.6 Å². The molecule has 32 heavy (non-hydrogen) atoms. The fourth-order valence-corrected chi connectivity index (χ4v) is 3.46. The number of unbranched alkanes of at least 4 members (excludes halogenated alkanes) is 2. The summed E-state index contributed by atoms with van der Waals surface area (Å²) >= 11 is 0. The monoisotopic (exact) mass is 456 g/mol. The Bertz CT molecular complexity index is 681. The molecule has 180 valence electrons. The summed E-state index contributed by atoms with van der Waals surface area (Å²) in [6.45, 7) is -0.0738. The fourth-order valence-electron chi connectivity index (χ4n) is 3.46. The van der Waals surface area contributed by atoms with Crippen LogP contribution in [0.2, 0.25) is 0 Å². The second kappa shape index (κ2) is 13.1. The van der Waals surface area contributed by atoms with Gasteiger partial charge in [0.25, 0.3) is 11.8 Å². The first kappa shape index (κ1) is 25.8. The van der Waals surface area contributed by atoms with E-state index < -0.39 is 42.4 Å². The van der Waals surface area contributed by atoms with E-state index in [1.165, 1.54) is 0 Å². The molecule has 0 radical (unpaired) electrons. The van der Waals surface area contributed by atoms with Crippen LogP contribution in [-0.2, 0) is 28.7 Å². The van der Waals surface area contributed by atoms with Crippen molar-refractivity contribution < 1.29 is 43.7 Å². The number of rotatable bonds is 11. The fraction of sp³-hybridized carbons (Fsp3) is 0.714. The smallest absolute Gasteiger partial charge is 0.407 e. The van der Waals surface area contributed by atoms with Crippen LogP contribution in [0.3, 0.4) is 0 Å². The lowest BCUT2D eigenvalue weighted by atomic mass is 9.89. The van der Waals surface area contributed by atoms with Crippen molar-refractivity contribution in [3.63, 3.8) is 0 Å². The Morgan fingerprint density at radius 1 is 1.16 bits per heavy atom. The second-order valence-corrected chi connectivity index (χ2v) is 7.93. The lowest BCUT2D eigenvalue weighted by Crippen LogP contribution is -2.37. The number of aliphatic hydroxyl groups is 2. The number of hydroxylamine groups is 2. The van der Waals surface area contributed by atoms with Crippen molar-refractivity contribution in [1.29, 1.82) is 0 Å². The van der Waals surface area contributed by atoms with Crippen LogP contribution in [0, 0.1) is 0 Å². The Kier molecular flexibility index (Phi) is 10.6. The maximum Gasteiger partial charge on any atom is 0.407 e. The molecule has 3 N–H and O–H groups in total. The maximum atomic E-state index is 12.0. The van der Waals surface area contributed by atoms with Crippen molar-refractivity contribution in [2.75, 3.05) is 19.9 Å². The van der Waals surface area contributed by atoms with Gasteiger partial charge in [0.05, 0.1) is 12.2 Å². The molecule has 0 spiro atoms. The molecule has 2 atom stereocenters. The van der Waals surface area contributed by atoms with Crippen LogP contribution >= 0.6 is 0 Å². The molecule has 0 bridgehead atoms. The van der Waals surface area contributed by atoms with Gasteiger partial charge in [-0.1, -0.05) is 12.5 Å². The average molecular weight is 456 g/mol. The predicted octanol–water partition coefficient (Wildman–Crippen LogP) is 1.08. The van der Waals surface area contributed by atoms with Crippen LogP contribution in [0.5, 0.6) is 0 Å². The Morgan fingerprint density at radius 3 is 2.62 bits per heavy atom. The highest BCUT2D eigenvalue weighted by Crippen LogP contribution is 2.25. The van der Waals surface area contributed by atoms with E-state index >= 15 is 0 Å². The van der Waals surface area contributed by atoms with Crippen molar-refractivity contribution in [3.05, 3.63) is 12.2 Å². The normalized spacial score (nSPS) is 24.6. The molecule has 1 aliphatic carbocycles. The van der Waals surface area contributed by atoms with Crippen LogP contribution < -0.4 is 5.32 Å². The number of imide groups is 1. The molecule has 0 aromatic heterocycles. The molecule has 0 aromatic carbocycles. The Hall–Kier alpha value is -2.50. The van der Waals surface area contributed by atoms with Crippen LogP contribution in [0.1, 0.15) is 64.2 Å². The zero-order valence-corrected chi connectivity index (χ0v) is 18.1. The summed E-state index contributed by atoms with van der Waals surface area (Å²) in [6, 6.07) is 0. The van der Waals surface area contributed by atoms with Gasteiger partial charge in [-0.15, -0.1) is 5.06 Å². The van der Waals surface area contributed by atoms with E-state index in [9.17, 15) is 24.3 Å². The lowest BCUT2D eigenvalue weighted by Gasteiger charge is -2.30. The summed E-state index contributed by atoms with van der Waals surface area (Å²) in [5.74, 6) is -1.65. The number of nitrogens with one attached hydrogen (secondary N) is 1. The first-order chi connectivity index (χ1) is 15.3. The molecule has 0 aromatic rings. The molecule has 11 heteroatoms. The molecule has 1 saturated heterocycles. The quantitative estimate of drug-likeness (QED) is 0.179. The van der Waals surface area contributed by atoms with Crippen LogP contribution in [0.15, 0.2) is 12.2 Å². The number of allylic oxidation sites excluding steroid dienone is 1. The van der Waals surface area contributed by atoms with E-state index in [0.717, 1.165) is 0 Å². The van der Waals surface area contributed by atoms with Crippen molar-refractivity contribution in [2.45, 2.75) is 75.9 Å². The molecule has 0 unspecified atom stereocenters. The van der Waals surface area contributed by atoms with Gasteiger partial charge in [-0.2, -0.15) is 0 Å². The number of hydrogen-bond donors (Lipinski definition) is 3. The van der Waals surface area contributed by atoms with Gasteiger partial charge in [-0.25, -0.2) is 9.59 Å². The standard InChI is InChI=1S/C21H32N2O9/c24-15-30-14-21(29)11-4-3-6-16(10-12-21)31-20(28)22-13-5-1-2-7-19(27)32-23-17(25)8-9-18(23)26/h3,6,16,24,29H,1-2,4-5,7-15H2,(H,22,28)/b6-3+/t16-,21-/m0/s1. The van der Waals surface area contributed by atoms with Crippen LogP contribution in [0.4, 0.5) is 4.79 Å². The second-order valence-electron chi connectivity index (χ2n) is 7.93. The maximum absolute atomic E-state index is 12.0. The van der Waals surface area contributed by atoms with Gasteiger partial charge < -0.3 is 29.8 Å². The number of ether oxygens (including phenoxy) is 2. The molecule has 11 nitrogen and oxygen atoms in total. The zero-order valence-electron chi connectivity index (χ0n) is 18.1. The topological polar surface area (TPSA) is 152 Å². The third kappa shape index (κ3) is 8.93.